The lowest BCUT2D eigenvalue weighted by atomic mass is 9.96. The fourth-order valence-corrected chi connectivity index (χ4v) is 2.10. The Morgan fingerprint density at radius 3 is 2.68 bits per heavy atom. The Labute approximate surface area is 111 Å². The van der Waals surface area contributed by atoms with Gasteiger partial charge in [-0.05, 0) is 36.6 Å². The van der Waals surface area contributed by atoms with Crippen LogP contribution in [0.3, 0.4) is 0 Å². The molecule has 1 aromatic rings. The molecule has 0 atom stereocenters. The standard InChI is InChI=1S/C15H16O4/c1-19-15-5-3-2-4-10(15)8-13(17)12-7-6-11(16)9-14(12)18/h4-7,9,16,18H,2-3,8H2,1H3. The molecule has 4 heteroatoms. The van der Waals surface area contributed by atoms with E-state index >= 15 is 0 Å². The minimum Gasteiger partial charge on any atom is -0.508 e. The van der Waals surface area contributed by atoms with Gasteiger partial charge in [-0.2, -0.15) is 0 Å². The largest absolute Gasteiger partial charge is 0.508 e. The Kier molecular flexibility index (Phi) is 3.90. The van der Waals surface area contributed by atoms with Crippen LogP contribution in [0.2, 0.25) is 0 Å². The zero-order valence-corrected chi connectivity index (χ0v) is 10.7. The summed E-state index contributed by atoms with van der Waals surface area (Å²) >= 11 is 0. The van der Waals surface area contributed by atoms with Gasteiger partial charge in [-0.15, -0.1) is 0 Å². The minimum atomic E-state index is -0.204. The second-order valence-electron chi connectivity index (χ2n) is 4.38. The average molecular weight is 260 g/mol. The fraction of sp³-hybridized carbons (Fsp3) is 0.267. The summed E-state index contributed by atoms with van der Waals surface area (Å²) in [5.74, 6) is 0.249. The molecule has 0 aromatic heterocycles. The van der Waals surface area contributed by atoms with Gasteiger partial charge in [-0.25, -0.2) is 0 Å². The number of phenolic OH excluding ortho intramolecular Hbond substituents is 2. The lowest BCUT2D eigenvalue weighted by molar-refractivity contribution is 0.0988. The van der Waals surface area contributed by atoms with E-state index < -0.39 is 0 Å². The van der Waals surface area contributed by atoms with Crippen LogP contribution in [0.5, 0.6) is 11.5 Å². The highest BCUT2D eigenvalue weighted by atomic mass is 16.5. The molecule has 2 rings (SSSR count). The number of hydrogen-bond acceptors (Lipinski definition) is 4. The normalized spacial score (nSPS) is 14.6. The van der Waals surface area contributed by atoms with Crippen LogP contribution in [0.1, 0.15) is 29.6 Å². The molecule has 1 aliphatic carbocycles. The molecular weight excluding hydrogens is 244 g/mol. The van der Waals surface area contributed by atoms with Gasteiger partial charge in [0.15, 0.2) is 5.78 Å². The van der Waals surface area contributed by atoms with Crippen LogP contribution in [-0.2, 0) is 4.74 Å². The summed E-state index contributed by atoms with van der Waals surface area (Å²) in [6.07, 6.45) is 5.91. The molecule has 1 aromatic carbocycles. The predicted molar refractivity (Wildman–Crippen MR) is 71.1 cm³/mol. The summed E-state index contributed by atoms with van der Waals surface area (Å²) in [5, 5.41) is 18.9. The summed E-state index contributed by atoms with van der Waals surface area (Å²) in [5.41, 5.74) is 1.05. The van der Waals surface area contributed by atoms with Crippen LogP contribution in [-0.4, -0.2) is 23.1 Å². The van der Waals surface area contributed by atoms with E-state index in [1.54, 1.807) is 7.11 Å². The van der Waals surface area contributed by atoms with Crippen molar-refractivity contribution in [1.82, 2.24) is 0 Å². The number of hydrogen-bond donors (Lipinski definition) is 2. The smallest absolute Gasteiger partial charge is 0.171 e. The van der Waals surface area contributed by atoms with E-state index in [0.29, 0.717) is 0 Å². The first-order valence-electron chi connectivity index (χ1n) is 6.10. The number of carbonyl (C=O) groups is 1. The molecule has 0 fully saturated rings. The molecule has 0 bridgehead atoms. The third-order valence-corrected chi connectivity index (χ3v) is 3.06. The zero-order chi connectivity index (χ0) is 13.8. The Morgan fingerprint density at radius 2 is 2.00 bits per heavy atom. The van der Waals surface area contributed by atoms with Crippen molar-refractivity contribution in [3.63, 3.8) is 0 Å². The first-order valence-corrected chi connectivity index (χ1v) is 6.10. The van der Waals surface area contributed by atoms with Crippen molar-refractivity contribution in [1.29, 1.82) is 0 Å². The third-order valence-electron chi connectivity index (χ3n) is 3.06. The highest BCUT2D eigenvalue weighted by Crippen LogP contribution is 2.28. The van der Waals surface area contributed by atoms with Crippen molar-refractivity contribution >= 4 is 5.78 Å². The number of rotatable bonds is 4. The zero-order valence-electron chi connectivity index (χ0n) is 10.7. The molecule has 0 amide bonds. The molecule has 0 spiro atoms. The lowest BCUT2D eigenvalue weighted by Crippen LogP contribution is -2.06. The van der Waals surface area contributed by atoms with Crippen molar-refractivity contribution in [2.24, 2.45) is 0 Å². The number of ketones is 1. The van der Waals surface area contributed by atoms with Crippen molar-refractivity contribution in [3.05, 3.63) is 47.2 Å². The maximum Gasteiger partial charge on any atom is 0.171 e. The van der Waals surface area contributed by atoms with Crippen LogP contribution >= 0.6 is 0 Å². The number of phenols is 2. The monoisotopic (exact) mass is 260 g/mol. The number of allylic oxidation sites excluding steroid dienone is 3. The molecule has 4 nitrogen and oxygen atoms in total. The number of aromatic hydroxyl groups is 2. The van der Waals surface area contributed by atoms with Gasteiger partial charge in [0.2, 0.25) is 0 Å². The Balaban J connectivity index is 2.17. The topological polar surface area (TPSA) is 66.8 Å². The average Bonchev–Trinajstić information content (AvgIpc) is 2.39. The maximum atomic E-state index is 12.1. The van der Waals surface area contributed by atoms with E-state index in [4.69, 9.17) is 4.74 Å². The molecule has 0 saturated heterocycles. The van der Waals surface area contributed by atoms with Crippen LogP contribution in [0.25, 0.3) is 0 Å². The van der Waals surface area contributed by atoms with E-state index in [0.717, 1.165) is 30.2 Å². The van der Waals surface area contributed by atoms with E-state index in [-0.39, 0.29) is 29.3 Å². The van der Waals surface area contributed by atoms with Crippen molar-refractivity contribution in [3.8, 4) is 11.5 Å². The van der Waals surface area contributed by atoms with Gasteiger partial charge in [0, 0.05) is 12.5 Å². The molecule has 19 heavy (non-hydrogen) atoms. The molecule has 1 aliphatic rings. The minimum absolute atomic E-state index is 0.0663. The third kappa shape index (κ3) is 2.96. The van der Waals surface area contributed by atoms with E-state index in [1.165, 1.54) is 12.1 Å². The van der Waals surface area contributed by atoms with Gasteiger partial charge in [0.05, 0.1) is 12.7 Å². The van der Waals surface area contributed by atoms with Gasteiger partial charge < -0.3 is 14.9 Å². The van der Waals surface area contributed by atoms with Crippen LogP contribution in [0.15, 0.2) is 41.7 Å². The highest BCUT2D eigenvalue weighted by Gasteiger charge is 2.17. The number of Topliss-reactive ketones (excluding diaryl/α,β-unsaturated/α-hetero) is 1. The first-order chi connectivity index (χ1) is 9.11. The van der Waals surface area contributed by atoms with Crippen molar-refractivity contribution < 1.29 is 19.7 Å². The maximum absolute atomic E-state index is 12.1. The van der Waals surface area contributed by atoms with Gasteiger partial charge in [-0.3, -0.25) is 4.79 Å². The molecular formula is C15H16O4. The summed E-state index contributed by atoms with van der Waals surface area (Å²) in [7, 11) is 1.58. The Morgan fingerprint density at radius 1 is 1.26 bits per heavy atom. The van der Waals surface area contributed by atoms with Gasteiger partial charge in [0.25, 0.3) is 0 Å². The van der Waals surface area contributed by atoms with Crippen molar-refractivity contribution in [2.45, 2.75) is 19.3 Å². The Hall–Kier alpha value is -2.23. The Bertz CT molecular complexity index is 555. The SMILES string of the molecule is COC1=CCCC=C1CC(=O)c1ccc(O)cc1O. The molecule has 100 valence electrons. The van der Waals surface area contributed by atoms with Crippen LogP contribution < -0.4 is 0 Å². The molecule has 0 radical (unpaired) electrons. The summed E-state index contributed by atoms with van der Waals surface area (Å²) in [6.45, 7) is 0. The molecule has 0 unspecified atom stereocenters. The van der Waals surface area contributed by atoms with E-state index in [9.17, 15) is 15.0 Å². The number of methoxy groups -OCH3 is 1. The predicted octanol–water partition coefficient (Wildman–Crippen LogP) is 2.92. The second-order valence-corrected chi connectivity index (χ2v) is 4.38. The molecule has 2 N–H and O–H groups in total. The summed E-state index contributed by atoms with van der Waals surface area (Å²) in [6, 6.07) is 3.97. The van der Waals surface area contributed by atoms with Crippen molar-refractivity contribution in [2.75, 3.05) is 7.11 Å². The highest BCUT2D eigenvalue weighted by molar-refractivity contribution is 6.00. The molecule has 0 aliphatic heterocycles. The van der Waals surface area contributed by atoms with Gasteiger partial charge in [-0.1, -0.05) is 6.08 Å². The van der Waals surface area contributed by atoms with E-state index in [2.05, 4.69) is 0 Å². The second kappa shape index (κ2) is 5.61. The fourth-order valence-electron chi connectivity index (χ4n) is 2.10. The molecule has 0 saturated carbocycles. The quantitative estimate of drug-likeness (QED) is 0.817. The summed E-state index contributed by atoms with van der Waals surface area (Å²) in [4.78, 5) is 12.1. The molecule has 0 heterocycles. The number of carbonyl (C=O) groups excluding carboxylic acids is 1. The number of benzene rings is 1. The summed E-state index contributed by atoms with van der Waals surface area (Å²) < 4.78 is 5.23. The van der Waals surface area contributed by atoms with Crippen LogP contribution in [0.4, 0.5) is 0 Å². The number of ether oxygens (including phenoxy) is 1. The van der Waals surface area contributed by atoms with Crippen LogP contribution in [0, 0.1) is 0 Å². The van der Waals surface area contributed by atoms with E-state index in [1.807, 2.05) is 12.2 Å². The van der Waals surface area contributed by atoms with Gasteiger partial charge in [0.1, 0.15) is 17.3 Å². The first kappa shape index (κ1) is 13.2. The van der Waals surface area contributed by atoms with Gasteiger partial charge >= 0.3 is 0 Å². The lowest BCUT2D eigenvalue weighted by Gasteiger charge is -2.14.